The first-order valence-corrected chi connectivity index (χ1v) is 5.08. The molecule has 2 aromatic carbocycles. The second-order valence-electron chi connectivity index (χ2n) is 3.45. The van der Waals surface area contributed by atoms with Crippen LogP contribution in [0.4, 0.5) is 22.0 Å². The molecule has 18 heavy (non-hydrogen) atoms. The molecule has 0 nitrogen and oxygen atoms in total. The van der Waals surface area contributed by atoms with Crippen LogP contribution in [0.25, 0.3) is 11.1 Å². The molecule has 0 aromatic heterocycles. The Morgan fingerprint density at radius 2 is 1.11 bits per heavy atom. The van der Waals surface area contributed by atoms with Gasteiger partial charge in [-0.15, -0.1) is 0 Å². The molecule has 94 valence electrons. The van der Waals surface area contributed by atoms with Crippen LogP contribution in [0.15, 0.2) is 24.3 Å². The topological polar surface area (TPSA) is 0 Å². The SMILES string of the molecule is Fc1ccc(-c2c(F)c(F)c(Cl)c(F)c2F)cc1. The first-order valence-electron chi connectivity index (χ1n) is 4.71. The van der Waals surface area contributed by atoms with Gasteiger partial charge in [0.2, 0.25) is 0 Å². The maximum Gasteiger partial charge on any atom is 0.181 e. The van der Waals surface area contributed by atoms with E-state index in [1.54, 1.807) is 0 Å². The number of hydrogen-bond acceptors (Lipinski definition) is 0. The summed E-state index contributed by atoms with van der Waals surface area (Å²) in [6, 6.07) is 3.84. The summed E-state index contributed by atoms with van der Waals surface area (Å²) >= 11 is 5.08. The summed E-state index contributed by atoms with van der Waals surface area (Å²) in [5, 5.41) is -1.25. The highest BCUT2D eigenvalue weighted by atomic mass is 35.5. The van der Waals surface area contributed by atoms with Crippen LogP contribution in [0.3, 0.4) is 0 Å². The Morgan fingerprint density at radius 1 is 0.667 bits per heavy atom. The molecule has 0 aliphatic rings. The second kappa shape index (κ2) is 4.57. The molecule has 0 bridgehead atoms. The van der Waals surface area contributed by atoms with Crippen molar-refractivity contribution in [2.45, 2.75) is 0 Å². The number of rotatable bonds is 1. The molecule has 0 amide bonds. The molecule has 0 spiro atoms. The van der Waals surface area contributed by atoms with Crippen molar-refractivity contribution in [1.82, 2.24) is 0 Å². The van der Waals surface area contributed by atoms with Gasteiger partial charge in [-0.25, -0.2) is 22.0 Å². The number of benzene rings is 2. The molecule has 0 fully saturated rings. The lowest BCUT2D eigenvalue weighted by Crippen LogP contribution is -2.00. The summed E-state index contributed by atoms with van der Waals surface area (Å²) < 4.78 is 66.1. The fourth-order valence-electron chi connectivity index (χ4n) is 1.47. The number of halogens is 6. The molecule has 0 aliphatic carbocycles. The van der Waals surface area contributed by atoms with Gasteiger partial charge in [-0.05, 0) is 17.7 Å². The van der Waals surface area contributed by atoms with E-state index in [2.05, 4.69) is 0 Å². The molecule has 6 heteroatoms. The van der Waals surface area contributed by atoms with E-state index in [9.17, 15) is 22.0 Å². The normalized spacial score (nSPS) is 10.8. The van der Waals surface area contributed by atoms with E-state index in [-0.39, 0.29) is 5.56 Å². The average molecular weight is 279 g/mol. The van der Waals surface area contributed by atoms with Crippen molar-refractivity contribution in [2.75, 3.05) is 0 Å². The lowest BCUT2D eigenvalue weighted by Gasteiger charge is -2.08. The van der Waals surface area contributed by atoms with Crippen LogP contribution in [0.2, 0.25) is 5.02 Å². The third kappa shape index (κ3) is 1.95. The third-order valence-corrected chi connectivity index (χ3v) is 2.67. The van der Waals surface area contributed by atoms with Gasteiger partial charge in [-0.2, -0.15) is 0 Å². The van der Waals surface area contributed by atoms with E-state index in [1.165, 1.54) is 0 Å². The fourth-order valence-corrected chi connectivity index (χ4v) is 1.64. The Balaban J connectivity index is 2.75. The van der Waals surface area contributed by atoms with Crippen molar-refractivity contribution in [2.24, 2.45) is 0 Å². The minimum absolute atomic E-state index is 0.194. The molecule has 0 heterocycles. The molecule has 0 unspecified atom stereocenters. The smallest absolute Gasteiger partial charge is 0.181 e. The lowest BCUT2D eigenvalue weighted by atomic mass is 10.0. The standard InChI is InChI=1S/C12H4ClF5/c13-8-11(17)9(15)7(10(16)12(8)18)5-1-3-6(14)4-2-5/h1-4H. The molecule has 0 radical (unpaired) electrons. The van der Waals surface area contributed by atoms with E-state index in [0.717, 1.165) is 24.3 Å². The quantitative estimate of drug-likeness (QED) is 0.403. The van der Waals surface area contributed by atoms with E-state index in [0.29, 0.717) is 0 Å². The molecule has 0 atom stereocenters. The Bertz CT molecular complexity index is 578. The van der Waals surface area contributed by atoms with Crippen LogP contribution >= 0.6 is 11.6 Å². The van der Waals surface area contributed by atoms with Gasteiger partial charge in [-0.1, -0.05) is 23.7 Å². The minimum Gasteiger partial charge on any atom is -0.207 e. The van der Waals surface area contributed by atoms with Gasteiger partial charge in [0.25, 0.3) is 0 Å². The van der Waals surface area contributed by atoms with Crippen molar-refractivity contribution < 1.29 is 22.0 Å². The third-order valence-electron chi connectivity index (χ3n) is 2.34. The Morgan fingerprint density at radius 3 is 1.56 bits per heavy atom. The molecule has 2 rings (SSSR count). The average Bonchev–Trinajstić information content (AvgIpc) is 2.36. The maximum absolute atomic E-state index is 13.5. The van der Waals surface area contributed by atoms with Gasteiger partial charge in [0.05, 0.1) is 5.56 Å². The van der Waals surface area contributed by atoms with Gasteiger partial charge in [0.1, 0.15) is 10.8 Å². The van der Waals surface area contributed by atoms with Crippen molar-refractivity contribution >= 4 is 11.6 Å². The molecule has 0 saturated carbocycles. The van der Waals surface area contributed by atoms with E-state index >= 15 is 0 Å². The Kier molecular flexibility index (Phi) is 3.26. The minimum atomic E-state index is -1.69. The maximum atomic E-state index is 13.5. The molecular formula is C12H4ClF5. The highest BCUT2D eigenvalue weighted by Crippen LogP contribution is 2.34. The Hall–Kier alpha value is -1.62. The number of hydrogen-bond donors (Lipinski definition) is 0. The summed E-state index contributed by atoms with van der Waals surface area (Å²) in [6.45, 7) is 0. The van der Waals surface area contributed by atoms with Crippen molar-refractivity contribution in [3.63, 3.8) is 0 Å². The summed E-state index contributed by atoms with van der Waals surface area (Å²) in [5.74, 6) is -7.25. The van der Waals surface area contributed by atoms with Crippen LogP contribution < -0.4 is 0 Å². The molecule has 0 N–H and O–H groups in total. The molecule has 0 saturated heterocycles. The van der Waals surface area contributed by atoms with Crippen LogP contribution in [0.1, 0.15) is 0 Å². The summed E-state index contributed by atoms with van der Waals surface area (Å²) in [6.07, 6.45) is 0. The monoisotopic (exact) mass is 278 g/mol. The van der Waals surface area contributed by atoms with Crippen molar-refractivity contribution in [1.29, 1.82) is 0 Å². The Labute approximate surface area is 104 Å². The predicted molar refractivity (Wildman–Crippen MR) is 56.7 cm³/mol. The molecule has 0 aliphatic heterocycles. The lowest BCUT2D eigenvalue weighted by molar-refractivity contribution is 0.459. The molecule has 2 aromatic rings. The van der Waals surface area contributed by atoms with E-state index in [1.807, 2.05) is 0 Å². The largest absolute Gasteiger partial charge is 0.207 e. The van der Waals surface area contributed by atoms with Gasteiger partial charge in [0, 0.05) is 0 Å². The van der Waals surface area contributed by atoms with E-state index < -0.39 is 39.7 Å². The zero-order valence-corrected chi connectivity index (χ0v) is 9.33. The van der Waals surface area contributed by atoms with Gasteiger partial charge < -0.3 is 0 Å². The van der Waals surface area contributed by atoms with Gasteiger partial charge in [0.15, 0.2) is 23.3 Å². The van der Waals surface area contributed by atoms with Crippen LogP contribution in [0.5, 0.6) is 0 Å². The van der Waals surface area contributed by atoms with E-state index in [4.69, 9.17) is 11.6 Å². The van der Waals surface area contributed by atoms with Gasteiger partial charge >= 0.3 is 0 Å². The summed E-state index contributed by atoms with van der Waals surface area (Å²) in [4.78, 5) is 0. The second-order valence-corrected chi connectivity index (χ2v) is 3.83. The van der Waals surface area contributed by atoms with Crippen LogP contribution in [-0.2, 0) is 0 Å². The zero-order chi connectivity index (χ0) is 13.4. The fraction of sp³-hybridized carbons (Fsp3) is 0. The van der Waals surface area contributed by atoms with Crippen LogP contribution in [-0.4, -0.2) is 0 Å². The van der Waals surface area contributed by atoms with Gasteiger partial charge in [-0.3, -0.25) is 0 Å². The van der Waals surface area contributed by atoms with Crippen LogP contribution in [0, 0.1) is 29.1 Å². The highest BCUT2D eigenvalue weighted by molar-refractivity contribution is 6.31. The van der Waals surface area contributed by atoms with Crippen molar-refractivity contribution in [3.05, 3.63) is 58.4 Å². The first-order chi connectivity index (χ1) is 8.43. The summed E-state index contributed by atoms with van der Waals surface area (Å²) in [7, 11) is 0. The first kappa shape index (κ1) is 12.8. The van der Waals surface area contributed by atoms with Crippen molar-refractivity contribution in [3.8, 4) is 11.1 Å². The molecular weight excluding hydrogens is 275 g/mol. The predicted octanol–water partition coefficient (Wildman–Crippen LogP) is 4.70. The highest BCUT2D eigenvalue weighted by Gasteiger charge is 2.25. The zero-order valence-electron chi connectivity index (χ0n) is 8.58. The summed E-state index contributed by atoms with van der Waals surface area (Å²) in [5.41, 5.74) is -1.12.